The third kappa shape index (κ3) is 2.49. The van der Waals surface area contributed by atoms with E-state index in [1.54, 1.807) is 23.9 Å². The number of aromatic nitrogens is 2. The number of carboxylic acid groups (broad SMARTS) is 1. The Bertz CT molecular complexity index is 348. The first-order valence-corrected chi connectivity index (χ1v) is 4.98. The van der Waals surface area contributed by atoms with Crippen LogP contribution in [0.3, 0.4) is 0 Å². The monoisotopic (exact) mass is 211 g/mol. The van der Waals surface area contributed by atoms with Crippen LogP contribution >= 0.6 is 0 Å². The fraction of sp³-hybridized carbons (Fsp3) is 0.600. The van der Waals surface area contributed by atoms with E-state index in [1.165, 1.54) is 0 Å². The fourth-order valence-corrected chi connectivity index (χ4v) is 1.46. The van der Waals surface area contributed by atoms with Gasteiger partial charge in [-0.2, -0.15) is 0 Å². The lowest BCUT2D eigenvalue weighted by Gasteiger charge is -2.26. The number of carbonyl (C=O) groups is 1. The van der Waals surface area contributed by atoms with Crippen LogP contribution in [-0.4, -0.2) is 26.2 Å². The van der Waals surface area contributed by atoms with Crippen molar-refractivity contribution in [3.8, 4) is 0 Å². The summed E-state index contributed by atoms with van der Waals surface area (Å²) in [6.45, 7) is 3.63. The molecule has 5 nitrogen and oxygen atoms in total. The van der Waals surface area contributed by atoms with Gasteiger partial charge < -0.3 is 15.0 Å². The molecular formula is C10H17N3O2. The summed E-state index contributed by atoms with van der Waals surface area (Å²) in [6, 6.07) is 0. The zero-order valence-corrected chi connectivity index (χ0v) is 9.32. The van der Waals surface area contributed by atoms with Crippen molar-refractivity contribution in [1.29, 1.82) is 0 Å². The molecule has 0 bridgehead atoms. The molecule has 0 aliphatic carbocycles. The van der Waals surface area contributed by atoms with Crippen LogP contribution < -0.4 is 5.32 Å². The molecule has 0 saturated carbocycles. The number of nitrogens with one attached hydrogen (secondary N) is 1. The van der Waals surface area contributed by atoms with Crippen molar-refractivity contribution in [3.63, 3.8) is 0 Å². The number of imidazole rings is 1. The Morgan fingerprint density at radius 3 is 2.80 bits per heavy atom. The van der Waals surface area contributed by atoms with Gasteiger partial charge in [-0.15, -0.1) is 0 Å². The third-order valence-electron chi connectivity index (χ3n) is 2.43. The maximum Gasteiger partial charge on any atom is 0.329 e. The average molecular weight is 211 g/mol. The van der Waals surface area contributed by atoms with Crippen LogP contribution in [0, 0.1) is 0 Å². The molecule has 0 fully saturated rings. The van der Waals surface area contributed by atoms with Gasteiger partial charge in [-0.05, 0) is 13.3 Å². The van der Waals surface area contributed by atoms with Gasteiger partial charge in [-0.3, -0.25) is 0 Å². The summed E-state index contributed by atoms with van der Waals surface area (Å²) in [5.74, 6) is -0.277. The van der Waals surface area contributed by atoms with Crippen molar-refractivity contribution in [2.45, 2.75) is 32.2 Å². The molecule has 5 heteroatoms. The van der Waals surface area contributed by atoms with Crippen LogP contribution in [0.4, 0.5) is 5.95 Å². The summed E-state index contributed by atoms with van der Waals surface area (Å²) in [5, 5.41) is 12.1. The summed E-state index contributed by atoms with van der Waals surface area (Å²) < 4.78 is 1.76. The molecule has 2 N–H and O–H groups in total. The molecule has 0 saturated heterocycles. The molecule has 0 aromatic carbocycles. The number of carboxylic acids is 1. The molecule has 1 heterocycles. The van der Waals surface area contributed by atoms with Gasteiger partial charge >= 0.3 is 5.97 Å². The number of aliphatic carboxylic acids is 1. The first-order chi connectivity index (χ1) is 6.99. The van der Waals surface area contributed by atoms with Gasteiger partial charge in [0.05, 0.1) is 0 Å². The number of hydrogen-bond acceptors (Lipinski definition) is 3. The molecule has 0 aliphatic heterocycles. The second-order valence-electron chi connectivity index (χ2n) is 3.87. The molecule has 84 valence electrons. The van der Waals surface area contributed by atoms with E-state index in [4.69, 9.17) is 5.11 Å². The normalized spacial score (nSPS) is 14.6. The lowest BCUT2D eigenvalue weighted by molar-refractivity contribution is -0.142. The zero-order chi connectivity index (χ0) is 11.5. The first-order valence-electron chi connectivity index (χ1n) is 4.98. The molecule has 1 unspecified atom stereocenters. The number of rotatable bonds is 5. The van der Waals surface area contributed by atoms with Crippen molar-refractivity contribution in [3.05, 3.63) is 12.4 Å². The molecule has 15 heavy (non-hydrogen) atoms. The summed E-state index contributed by atoms with van der Waals surface area (Å²) in [5.41, 5.74) is -0.951. The number of aryl methyl sites for hydroxylation is 1. The predicted molar refractivity (Wildman–Crippen MR) is 57.8 cm³/mol. The lowest BCUT2D eigenvalue weighted by atomic mass is 9.97. The maximum absolute atomic E-state index is 11.1. The maximum atomic E-state index is 11.1. The quantitative estimate of drug-likeness (QED) is 0.774. The van der Waals surface area contributed by atoms with Crippen molar-refractivity contribution >= 4 is 11.9 Å². The topological polar surface area (TPSA) is 67.2 Å². The Morgan fingerprint density at radius 2 is 2.40 bits per heavy atom. The summed E-state index contributed by atoms with van der Waals surface area (Å²) in [7, 11) is 1.82. The van der Waals surface area contributed by atoms with Crippen LogP contribution in [0.25, 0.3) is 0 Å². The largest absolute Gasteiger partial charge is 0.480 e. The summed E-state index contributed by atoms with van der Waals surface area (Å²) in [6.07, 6.45) is 4.78. The van der Waals surface area contributed by atoms with Gasteiger partial charge in [-0.25, -0.2) is 9.78 Å². The minimum atomic E-state index is -0.951. The second kappa shape index (κ2) is 4.33. The summed E-state index contributed by atoms with van der Waals surface area (Å²) >= 11 is 0. The smallest absolute Gasteiger partial charge is 0.329 e. The fourth-order valence-electron chi connectivity index (χ4n) is 1.46. The molecule has 1 aromatic rings. The van der Waals surface area contributed by atoms with E-state index in [2.05, 4.69) is 10.3 Å². The number of anilines is 1. The molecular weight excluding hydrogens is 194 g/mol. The van der Waals surface area contributed by atoms with Crippen LogP contribution in [0.2, 0.25) is 0 Å². The van der Waals surface area contributed by atoms with E-state index in [-0.39, 0.29) is 0 Å². The van der Waals surface area contributed by atoms with E-state index >= 15 is 0 Å². The standard InChI is InChI=1S/C10H17N3O2/c1-4-5-10(2,8(14)15)12-9-11-6-7-13(9)3/h6-7H,4-5H2,1-3H3,(H,11,12)(H,14,15). The molecule has 1 atom stereocenters. The molecule has 0 radical (unpaired) electrons. The van der Waals surface area contributed by atoms with Crippen LogP contribution in [0.1, 0.15) is 26.7 Å². The number of nitrogens with zero attached hydrogens (tertiary/aromatic N) is 2. The minimum absolute atomic E-state index is 0.565. The van der Waals surface area contributed by atoms with Crippen LogP contribution in [0.15, 0.2) is 12.4 Å². The van der Waals surface area contributed by atoms with Crippen molar-refractivity contribution in [2.24, 2.45) is 7.05 Å². The van der Waals surface area contributed by atoms with E-state index < -0.39 is 11.5 Å². The predicted octanol–water partition coefficient (Wildman–Crippen LogP) is 1.48. The summed E-state index contributed by atoms with van der Waals surface area (Å²) in [4.78, 5) is 15.2. The second-order valence-corrected chi connectivity index (χ2v) is 3.87. The Balaban J connectivity index is 2.84. The Hall–Kier alpha value is -1.52. The van der Waals surface area contributed by atoms with Crippen LogP contribution in [0.5, 0.6) is 0 Å². The Morgan fingerprint density at radius 1 is 1.73 bits per heavy atom. The van der Waals surface area contributed by atoms with Gasteiger partial charge in [0.2, 0.25) is 5.95 Å². The highest BCUT2D eigenvalue weighted by atomic mass is 16.4. The van der Waals surface area contributed by atoms with Gasteiger partial charge in [-0.1, -0.05) is 13.3 Å². The molecule has 0 amide bonds. The van der Waals surface area contributed by atoms with E-state index in [9.17, 15) is 4.79 Å². The zero-order valence-electron chi connectivity index (χ0n) is 9.32. The van der Waals surface area contributed by atoms with Gasteiger partial charge in [0, 0.05) is 19.4 Å². The van der Waals surface area contributed by atoms with E-state index in [0.29, 0.717) is 12.4 Å². The van der Waals surface area contributed by atoms with Gasteiger partial charge in [0.25, 0.3) is 0 Å². The van der Waals surface area contributed by atoms with E-state index in [0.717, 1.165) is 6.42 Å². The highest BCUT2D eigenvalue weighted by Gasteiger charge is 2.32. The van der Waals surface area contributed by atoms with Gasteiger partial charge in [0.15, 0.2) is 0 Å². The molecule has 0 spiro atoms. The number of hydrogen-bond donors (Lipinski definition) is 2. The minimum Gasteiger partial charge on any atom is -0.480 e. The van der Waals surface area contributed by atoms with Crippen LogP contribution in [-0.2, 0) is 11.8 Å². The SMILES string of the molecule is CCCC(C)(Nc1nccn1C)C(=O)O. The first kappa shape index (κ1) is 11.6. The molecule has 1 rings (SSSR count). The Kier molecular flexibility index (Phi) is 3.34. The van der Waals surface area contributed by atoms with Gasteiger partial charge in [0.1, 0.15) is 5.54 Å². The lowest BCUT2D eigenvalue weighted by Crippen LogP contribution is -2.43. The van der Waals surface area contributed by atoms with Crippen molar-refractivity contribution in [1.82, 2.24) is 9.55 Å². The third-order valence-corrected chi connectivity index (χ3v) is 2.43. The highest BCUT2D eigenvalue weighted by Crippen LogP contribution is 2.18. The average Bonchev–Trinajstić information content (AvgIpc) is 2.52. The highest BCUT2D eigenvalue weighted by molar-refractivity contribution is 5.81. The molecule has 1 aromatic heterocycles. The Labute approximate surface area is 89.1 Å². The van der Waals surface area contributed by atoms with Crippen molar-refractivity contribution < 1.29 is 9.90 Å². The molecule has 0 aliphatic rings. The van der Waals surface area contributed by atoms with E-state index in [1.807, 2.05) is 14.0 Å². The van der Waals surface area contributed by atoms with Crippen molar-refractivity contribution in [2.75, 3.05) is 5.32 Å².